The van der Waals surface area contributed by atoms with Crippen molar-refractivity contribution < 1.29 is 0 Å². The van der Waals surface area contributed by atoms with Gasteiger partial charge in [-0.25, -0.2) is 0 Å². The van der Waals surface area contributed by atoms with Gasteiger partial charge in [-0.3, -0.25) is 5.10 Å². The molecule has 0 amide bonds. The summed E-state index contributed by atoms with van der Waals surface area (Å²) in [5.41, 5.74) is 8.54. The molecule has 1 aromatic heterocycles. The largest absolute Gasteiger partial charge is 0.399 e. The van der Waals surface area contributed by atoms with Crippen LogP contribution in [0.5, 0.6) is 0 Å². The van der Waals surface area contributed by atoms with Crippen LogP contribution in [0.3, 0.4) is 0 Å². The van der Waals surface area contributed by atoms with Crippen LogP contribution < -0.4 is 5.73 Å². The van der Waals surface area contributed by atoms with Crippen LogP contribution in [0.2, 0.25) is 0 Å². The molecular formula is C10H13N3. The zero-order chi connectivity index (χ0) is 9.42. The van der Waals surface area contributed by atoms with Crippen LogP contribution in [0.15, 0.2) is 18.2 Å². The van der Waals surface area contributed by atoms with Crippen LogP contribution in [-0.4, -0.2) is 10.2 Å². The molecule has 0 spiro atoms. The zero-order valence-electron chi connectivity index (χ0n) is 7.83. The fourth-order valence-corrected chi connectivity index (χ4v) is 1.49. The van der Waals surface area contributed by atoms with Gasteiger partial charge in [-0.2, -0.15) is 5.10 Å². The fraction of sp³-hybridized carbons (Fsp3) is 0.300. The Morgan fingerprint density at radius 2 is 2.15 bits per heavy atom. The molecule has 0 atom stereocenters. The van der Waals surface area contributed by atoms with Crippen molar-refractivity contribution >= 4 is 16.6 Å². The number of anilines is 1. The summed E-state index contributed by atoms with van der Waals surface area (Å²) in [5, 5.41) is 8.40. The molecule has 3 nitrogen and oxygen atoms in total. The summed E-state index contributed by atoms with van der Waals surface area (Å²) in [4.78, 5) is 0. The number of nitrogens with zero attached hydrogens (tertiary/aromatic N) is 1. The molecule has 1 heterocycles. The highest BCUT2D eigenvalue weighted by atomic mass is 15.1. The molecule has 0 unspecified atom stereocenters. The summed E-state index contributed by atoms with van der Waals surface area (Å²) in [6, 6.07) is 5.81. The van der Waals surface area contributed by atoms with Crippen LogP contribution in [0.25, 0.3) is 10.9 Å². The molecule has 0 aliphatic rings. The molecule has 0 bridgehead atoms. The van der Waals surface area contributed by atoms with Crippen LogP contribution in [0.1, 0.15) is 25.5 Å². The highest BCUT2D eigenvalue weighted by Crippen LogP contribution is 2.23. The van der Waals surface area contributed by atoms with Gasteiger partial charge in [0.1, 0.15) is 0 Å². The Labute approximate surface area is 76.9 Å². The number of aromatic amines is 1. The lowest BCUT2D eigenvalue weighted by Gasteiger charge is -2.00. The first-order valence-electron chi connectivity index (χ1n) is 4.42. The van der Waals surface area contributed by atoms with Crippen molar-refractivity contribution in [2.45, 2.75) is 19.8 Å². The maximum absolute atomic E-state index is 5.66. The van der Waals surface area contributed by atoms with Gasteiger partial charge in [0.15, 0.2) is 0 Å². The van der Waals surface area contributed by atoms with E-state index in [1.807, 2.05) is 18.2 Å². The van der Waals surface area contributed by atoms with Crippen LogP contribution in [-0.2, 0) is 0 Å². The average Bonchev–Trinajstić information content (AvgIpc) is 2.46. The van der Waals surface area contributed by atoms with Crippen molar-refractivity contribution in [3.8, 4) is 0 Å². The molecule has 2 rings (SSSR count). The van der Waals surface area contributed by atoms with Gasteiger partial charge < -0.3 is 5.73 Å². The second-order valence-corrected chi connectivity index (χ2v) is 3.57. The minimum absolute atomic E-state index is 0.466. The van der Waals surface area contributed by atoms with Crippen molar-refractivity contribution in [2.75, 3.05) is 5.73 Å². The van der Waals surface area contributed by atoms with E-state index >= 15 is 0 Å². The molecule has 0 aliphatic carbocycles. The second kappa shape index (κ2) is 2.76. The molecule has 3 N–H and O–H groups in total. The maximum atomic E-state index is 5.66. The Morgan fingerprint density at radius 3 is 2.85 bits per heavy atom. The minimum atomic E-state index is 0.466. The van der Waals surface area contributed by atoms with E-state index in [0.717, 1.165) is 11.2 Å². The van der Waals surface area contributed by atoms with Gasteiger partial charge >= 0.3 is 0 Å². The Bertz CT molecular complexity index is 429. The van der Waals surface area contributed by atoms with Crippen molar-refractivity contribution in [2.24, 2.45) is 0 Å². The van der Waals surface area contributed by atoms with E-state index in [1.54, 1.807) is 0 Å². The number of nitrogens with one attached hydrogen (secondary N) is 1. The topological polar surface area (TPSA) is 54.7 Å². The van der Waals surface area contributed by atoms with Gasteiger partial charge in [0.25, 0.3) is 0 Å². The first-order chi connectivity index (χ1) is 6.18. The molecule has 0 saturated heterocycles. The predicted molar refractivity (Wildman–Crippen MR) is 54.6 cm³/mol. The van der Waals surface area contributed by atoms with Gasteiger partial charge in [0.05, 0.1) is 5.52 Å². The molecule has 3 heteroatoms. The monoisotopic (exact) mass is 175 g/mol. The predicted octanol–water partition coefficient (Wildman–Crippen LogP) is 2.27. The molecule has 0 aliphatic heterocycles. The SMILES string of the molecule is CC(C)c1[nH]nc2cc(N)ccc12. The molecule has 0 saturated carbocycles. The van der Waals surface area contributed by atoms with Crippen molar-refractivity contribution in [3.05, 3.63) is 23.9 Å². The third-order valence-electron chi connectivity index (χ3n) is 2.19. The molecule has 68 valence electrons. The summed E-state index contributed by atoms with van der Waals surface area (Å²) < 4.78 is 0. The lowest BCUT2D eigenvalue weighted by Crippen LogP contribution is -1.87. The number of nitrogens with two attached hydrogens (primary N) is 1. The van der Waals surface area contributed by atoms with Gasteiger partial charge in [0.2, 0.25) is 0 Å². The Balaban J connectivity index is 2.69. The quantitative estimate of drug-likeness (QED) is 0.653. The third-order valence-corrected chi connectivity index (χ3v) is 2.19. The van der Waals surface area contributed by atoms with E-state index in [9.17, 15) is 0 Å². The molecule has 2 aromatic rings. The lowest BCUT2D eigenvalue weighted by atomic mass is 10.1. The third kappa shape index (κ3) is 1.26. The first kappa shape index (κ1) is 8.10. The van der Waals surface area contributed by atoms with E-state index in [0.29, 0.717) is 5.92 Å². The summed E-state index contributed by atoms with van der Waals surface area (Å²) in [6.07, 6.45) is 0. The first-order valence-corrected chi connectivity index (χ1v) is 4.42. The lowest BCUT2D eigenvalue weighted by molar-refractivity contribution is 0.818. The number of H-pyrrole nitrogens is 1. The Morgan fingerprint density at radius 1 is 1.38 bits per heavy atom. The Kier molecular flexibility index (Phi) is 1.72. The van der Waals surface area contributed by atoms with Crippen LogP contribution in [0.4, 0.5) is 5.69 Å². The van der Waals surface area contributed by atoms with Crippen LogP contribution >= 0.6 is 0 Å². The van der Waals surface area contributed by atoms with E-state index < -0.39 is 0 Å². The van der Waals surface area contributed by atoms with Crippen molar-refractivity contribution in [1.82, 2.24) is 10.2 Å². The number of benzene rings is 1. The van der Waals surface area contributed by atoms with E-state index in [1.165, 1.54) is 11.1 Å². The van der Waals surface area contributed by atoms with E-state index in [-0.39, 0.29) is 0 Å². The number of hydrogen-bond acceptors (Lipinski definition) is 2. The van der Waals surface area contributed by atoms with Crippen molar-refractivity contribution in [3.63, 3.8) is 0 Å². The van der Waals surface area contributed by atoms with Crippen LogP contribution in [0, 0.1) is 0 Å². The van der Waals surface area contributed by atoms with E-state index in [2.05, 4.69) is 24.0 Å². The zero-order valence-corrected chi connectivity index (χ0v) is 7.83. The maximum Gasteiger partial charge on any atom is 0.0944 e. The summed E-state index contributed by atoms with van der Waals surface area (Å²) in [7, 11) is 0. The highest BCUT2D eigenvalue weighted by Gasteiger charge is 2.07. The Hall–Kier alpha value is -1.51. The number of aromatic nitrogens is 2. The number of rotatable bonds is 1. The van der Waals surface area contributed by atoms with Gasteiger partial charge in [0, 0.05) is 16.8 Å². The number of nitrogen functional groups attached to an aromatic ring is 1. The number of hydrogen-bond donors (Lipinski definition) is 2. The standard InChI is InChI=1S/C10H13N3/c1-6(2)10-8-4-3-7(11)5-9(8)12-13-10/h3-6H,11H2,1-2H3,(H,12,13). The molecular weight excluding hydrogens is 162 g/mol. The fourth-order valence-electron chi connectivity index (χ4n) is 1.49. The molecule has 0 fully saturated rings. The van der Waals surface area contributed by atoms with E-state index in [4.69, 9.17) is 5.73 Å². The average molecular weight is 175 g/mol. The molecule has 1 aromatic carbocycles. The van der Waals surface area contributed by atoms with Gasteiger partial charge in [-0.1, -0.05) is 13.8 Å². The summed E-state index contributed by atoms with van der Waals surface area (Å²) in [5.74, 6) is 0.466. The second-order valence-electron chi connectivity index (χ2n) is 3.57. The van der Waals surface area contributed by atoms with Gasteiger partial charge in [-0.05, 0) is 24.1 Å². The molecule has 0 radical (unpaired) electrons. The minimum Gasteiger partial charge on any atom is -0.399 e. The summed E-state index contributed by atoms with van der Waals surface area (Å²) >= 11 is 0. The normalized spacial score (nSPS) is 11.3. The highest BCUT2D eigenvalue weighted by molar-refractivity contribution is 5.84. The van der Waals surface area contributed by atoms with Gasteiger partial charge in [-0.15, -0.1) is 0 Å². The smallest absolute Gasteiger partial charge is 0.0944 e. The summed E-state index contributed by atoms with van der Waals surface area (Å²) in [6.45, 7) is 4.28. The molecule has 13 heavy (non-hydrogen) atoms. The van der Waals surface area contributed by atoms with Crippen molar-refractivity contribution in [1.29, 1.82) is 0 Å². The number of fused-ring (bicyclic) bond motifs is 1.